The van der Waals surface area contributed by atoms with Crippen molar-refractivity contribution in [2.45, 2.75) is 6.18 Å². The Hall–Kier alpha value is -2.55. The zero-order valence-electron chi connectivity index (χ0n) is 12.4. The van der Waals surface area contributed by atoms with Crippen molar-refractivity contribution in [3.63, 3.8) is 0 Å². The molecule has 0 spiro atoms. The Morgan fingerprint density at radius 2 is 1.42 bits per heavy atom. The van der Waals surface area contributed by atoms with Crippen LogP contribution < -0.4 is 10.0 Å². The van der Waals surface area contributed by atoms with Gasteiger partial charge in [0.1, 0.15) is 0 Å². The lowest BCUT2D eigenvalue weighted by Gasteiger charge is -2.09. The van der Waals surface area contributed by atoms with Crippen LogP contribution in [0.5, 0.6) is 0 Å². The molecule has 9 heteroatoms. The number of carbonyl (C=O) groups excluding carboxylic acids is 1. The summed E-state index contributed by atoms with van der Waals surface area (Å²) in [6.07, 6.45) is -3.44. The van der Waals surface area contributed by atoms with Gasteiger partial charge in [0.25, 0.3) is 5.91 Å². The van der Waals surface area contributed by atoms with E-state index in [1.807, 2.05) is 0 Å². The number of amides is 1. The number of nitrogens with one attached hydrogen (secondary N) is 2. The van der Waals surface area contributed by atoms with Crippen molar-refractivity contribution in [3.8, 4) is 0 Å². The molecule has 0 aliphatic rings. The predicted octanol–water partition coefficient (Wildman–Crippen LogP) is 3.33. The average Bonchev–Trinajstić information content (AvgIpc) is 2.46. The van der Waals surface area contributed by atoms with Gasteiger partial charge in [-0.15, -0.1) is 0 Å². The van der Waals surface area contributed by atoms with E-state index in [0.717, 1.165) is 30.5 Å². The number of benzene rings is 2. The molecule has 24 heavy (non-hydrogen) atoms. The molecule has 0 radical (unpaired) electrons. The van der Waals surface area contributed by atoms with Gasteiger partial charge in [0.05, 0.1) is 11.8 Å². The topological polar surface area (TPSA) is 75.3 Å². The number of carbonyl (C=O) groups is 1. The van der Waals surface area contributed by atoms with Gasteiger partial charge in [-0.05, 0) is 48.5 Å². The maximum absolute atomic E-state index is 12.5. The van der Waals surface area contributed by atoms with E-state index in [9.17, 15) is 26.4 Å². The van der Waals surface area contributed by atoms with Crippen LogP contribution in [-0.4, -0.2) is 20.6 Å². The highest BCUT2D eigenvalue weighted by Gasteiger charge is 2.29. The number of sulfonamides is 1. The molecule has 0 atom stereocenters. The van der Waals surface area contributed by atoms with Crippen LogP contribution >= 0.6 is 0 Å². The molecule has 2 N–H and O–H groups in total. The van der Waals surface area contributed by atoms with Crippen LogP contribution in [0.2, 0.25) is 0 Å². The van der Waals surface area contributed by atoms with Crippen molar-refractivity contribution in [1.29, 1.82) is 0 Å². The molecule has 128 valence electrons. The monoisotopic (exact) mass is 358 g/mol. The maximum atomic E-state index is 12.5. The minimum absolute atomic E-state index is 0.214. The molecule has 2 aromatic carbocycles. The van der Waals surface area contributed by atoms with Gasteiger partial charge in [-0.1, -0.05) is 0 Å². The lowest BCUT2D eigenvalue weighted by atomic mass is 10.1. The highest BCUT2D eigenvalue weighted by Crippen LogP contribution is 2.29. The lowest BCUT2D eigenvalue weighted by molar-refractivity contribution is -0.137. The van der Waals surface area contributed by atoms with Crippen LogP contribution in [0, 0.1) is 0 Å². The summed E-state index contributed by atoms with van der Waals surface area (Å²) < 4.78 is 61.8. The average molecular weight is 358 g/mol. The zero-order chi connectivity index (χ0) is 18.0. The van der Waals surface area contributed by atoms with E-state index in [2.05, 4.69) is 10.0 Å². The Morgan fingerprint density at radius 3 is 1.88 bits per heavy atom. The lowest BCUT2D eigenvalue weighted by Crippen LogP contribution is -2.13. The van der Waals surface area contributed by atoms with Crippen molar-refractivity contribution in [1.82, 2.24) is 0 Å². The molecule has 0 saturated carbocycles. The van der Waals surface area contributed by atoms with Crippen LogP contribution in [0.3, 0.4) is 0 Å². The normalized spacial score (nSPS) is 11.8. The standard InChI is InChI=1S/C15H13F3N2O3S/c1-24(22,23)20-13-6-2-10(3-7-13)14(21)19-12-8-4-11(5-9-12)15(16,17)18/h2-9,20H,1H3,(H,19,21). The number of halogens is 3. The third-order valence-electron chi connectivity index (χ3n) is 2.92. The van der Waals surface area contributed by atoms with Crippen molar-refractivity contribution in [2.75, 3.05) is 16.3 Å². The van der Waals surface area contributed by atoms with Gasteiger partial charge in [-0.3, -0.25) is 9.52 Å². The van der Waals surface area contributed by atoms with Crippen LogP contribution in [0.4, 0.5) is 24.5 Å². The molecule has 2 rings (SSSR count). The van der Waals surface area contributed by atoms with Gasteiger partial charge >= 0.3 is 6.18 Å². The summed E-state index contributed by atoms with van der Waals surface area (Å²) in [5.41, 5.74) is -0.0689. The van der Waals surface area contributed by atoms with Crippen LogP contribution in [0.1, 0.15) is 15.9 Å². The fraction of sp³-hybridized carbons (Fsp3) is 0.133. The van der Waals surface area contributed by atoms with Gasteiger partial charge in [0.2, 0.25) is 10.0 Å². The molecule has 5 nitrogen and oxygen atoms in total. The Kier molecular flexibility index (Phi) is 4.83. The maximum Gasteiger partial charge on any atom is 0.416 e. The minimum atomic E-state index is -4.44. The van der Waals surface area contributed by atoms with E-state index in [1.54, 1.807) is 0 Å². The molecule has 0 aliphatic carbocycles. The molecule has 0 saturated heterocycles. The van der Waals surface area contributed by atoms with E-state index >= 15 is 0 Å². The first-order chi connectivity index (χ1) is 11.0. The van der Waals surface area contributed by atoms with E-state index in [0.29, 0.717) is 5.69 Å². The van der Waals surface area contributed by atoms with Gasteiger partial charge in [0.15, 0.2) is 0 Å². The van der Waals surface area contributed by atoms with Gasteiger partial charge in [0, 0.05) is 16.9 Å². The van der Waals surface area contributed by atoms with Crippen molar-refractivity contribution in [3.05, 3.63) is 59.7 Å². The minimum Gasteiger partial charge on any atom is -0.322 e. The third-order valence-corrected chi connectivity index (χ3v) is 3.53. The first kappa shape index (κ1) is 17.8. The number of hydrogen-bond donors (Lipinski definition) is 2. The number of hydrogen-bond acceptors (Lipinski definition) is 3. The molecule has 0 bridgehead atoms. The third kappa shape index (κ3) is 4.98. The fourth-order valence-electron chi connectivity index (χ4n) is 1.85. The largest absolute Gasteiger partial charge is 0.416 e. The number of rotatable bonds is 4. The molecule has 0 heterocycles. The van der Waals surface area contributed by atoms with Crippen molar-refractivity contribution >= 4 is 27.3 Å². The molecule has 0 unspecified atom stereocenters. The SMILES string of the molecule is CS(=O)(=O)Nc1ccc(C(=O)Nc2ccc(C(F)(F)F)cc2)cc1. The summed E-state index contributed by atoms with van der Waals surface area (Å²) in [5.74, 6) is -0.527. The number of anilines is 2. The summed E-state index contributed by atoms with van der Waals surface area (Å²) in [7, 11) is -3.42. The quantitative estimate of drug-likeness (QED) is 0.880. The van der Waals surface area contributed by atoms with E-state index in [1.165, 1.54) is 24.3 Å². The first-order valence-corrected chi connectivity index (χ1v) is 8.50. The summed E-state index contributed by atoms with van der Waals surface area (Å²) in [6, 6.07) is 9.65. The summed E-state index contributed by atoms with van der Waals surface area (Å²) in [4.78, 5) is 12.0. The molecule has 0 aromatic heterocycles. The van der Waals surface area contributed by atoms with Crippen LogP contribution in [0.15, 0.2) is 48.5 Å². The number of alkyl halides is 3. The van der Waals surface area contributed by atoms with E-state index in [-0.39, 0.29) is 11.3 Å². The van der Waals surface area contributed by atoms with Crippen molar-refractivity contribution < 1.29 is 26.4 Å². The predicted molar refractivity (Wildman–Crippen MR) is 84.3 cm³/mol. The summed E-state index contributed by atoms with van der Waals surface area (Å²) >= 11 is 0. The molecular formula is C15H13F3N2O3S. The van der Waals surface area contributed by atoms with Crippen LogP contribution in [-0.2, 0) is 16.2 Å². The molecular weight excluding hydrogens is 345 g/mol. The summed E-state index contributed by atoms with van der Waals surface area (Å²) in [6.45, 7) is 0. The Balaban J connectivity index is 2.07. The molecule has 0 fully saturated rings. The second-order valence-electron chi connectivity index (χ2n) is 4.98. The highest BCUT2D eigenvalue weighted by molar-refractivity contribution is 7.92. The second kappa shape index (κ2) is 6.52. The van der Waals surface area contributed by atoms with Crippen molar-refractivity contribution in [2.24, 2.45) is 0 Å². The molecule has 2 aromatic rings. The van der Waals surface area contributed by atoms with E-state index < -0.39 is 27.7 Å². The molecule has 0 aliphatic heterocycles. The van der Waals surface area contributed by atoms with Crippen LogP contribution in [0.25, 0.3) is 0 Å². The Morgan fingerprint density at radius 1 is 0.917 bits per heavy atom. The fourth-order valence-corrected chi connectivity index (χ4v) is 2.41. The zero-order valence-corrected chi connectivity index (χ0v) is 13.2. The van der Waals surface area contributed by atoms with E-state index in [4.69, 9.17) is 0 Å². The van der Waals surface area contributed by atoms with Gasteiger partial charge in [-0.2, -0.15) is 13.2 Å². The van der Waals surface area contributed by atoms with Gasteiger partial charge in [-0.25, -0.2) is 8.42 Å². The Bertz CT molecular complexity index is 830. The molecule has 1 amide bonds. The summed E-state index contributed by atoms with van der Waals surface area (Å²) in [5, 5.41) is 2.46. The Labute approximate surface area is 136 Å². The first-order valence-electron chi connectivity index (χ1n) is 6.61. The smallest absolute Gasteiger partial charge is 0.322 e. The second-order valence-corrected chi connectivity index (χ2v) is 6.73. The van der Waals surface area contributed by atoms with Gasteiger partial charge < -0.3 is 5.32 Å². The highest BCUT2D eigenvalue weighted by atomic mass is 32.2.